The van der Waals surface area contributed by atoms with Crippen molar-refractivity contribution in [3.8, 4) is 5.75 Å². The van der Waals surface area contributed by atoms with Crippen LogP contribution in [0.25, 0.3) is 0 Å². The molecule has 0 bridgehead atoms. The van der Waals surface area contributed by atoms with Crippen molar-refractivity contribution in [3.05, 3.63) is 60.2 Å². The Hall–Kier alpha value is -4.12. The van der Waals surface area contributed by atoms with E-state index >= 15 is 0 Å². The summed E-state index contributed by atoms with van der Waals surface area (Å²) < 4.78 is 5.78. The van der Waals surface area contributed by atoms with Crippen LogP contribution in [0.15, 0.2) is 54.6 Å². The SMILES string of the molecule is O=C(O)[C@@H]1[C@@H](CC2CCNCC2)C(=O)N1C(=O)N1CCN(C(=O)Nc2ccc(OCc3ccccc3)cc2)CC1. The molecular formula is C29H35N5O6. The predicted octanol–water partition coefficient (Wildman–Crippen LogP) is 2.84. The first-order valence-corrected chi connectivity index (χ1v) is 13.8. The number of rotatable bonds is 7. The van der Waals surface area contributed by atoms with Gasteiger partial charge in [-0.05, 0) is 68.1 Å². The molecule has 3 aliphatic heterocycles. The topological polar surface area (TPSA) is 132 Å². The summed E-state index contributed by atoms with van der Waals surface area (Å²) in [6, 6.07) is 14.9. The molecule has 3 aliphatic rings. The number of anilines is 1. The van der Waals surface area contributed by atoms with E-state index < -0.39 is 29.9 Å². The van der Waals surface area contributed by atoms with E-state index in [9.17, 15) is 24.3 Å². The largest absolute Gasteiger partial charge is 0.489 e. The molecule has 3 heterocycles. The summed E-state index contributed by atoms with van der Waals surface area (Å²) in [6.45, 7) is 3.14. The van der Waals surface area contributed by atoms with Gasteiger partial charge in [-0.3, -0.25) is 4.79 Å². The van der Waals surface area contributed by atoms with E-state index in [-0.39, 0.29) is 38.1 Å². The molecule has 5 rings (SSSR count). The summed E-state index contributed by atoms with van der Waals surface area (Å²) in [4.78, 5) is 54.7. The molecule has 5 amide bonds. The molecule has 212 valence electrons. The number of imide groups is 1. The standard InChI is InChI=1S/C29H35N5O6/c35-26-24(18-20-10-12-30-13-11-20)25(27(36)37)34(26)29(39)33-16-14-32(15-17-33)28(38)31-22-6-8-23(9-7-22)40-19-21-4-2-1-3-5-21/h1-9,20,24-25,30H,10-19H2,(H,31,38)(H,36,37)/t24-,25+/m1/s1. The highest BCUT2D eigenvalue weighted by Gasteiger charge is 2.56. The number of amides is 5. The van der Waals surface area contributed by atoms with Crippen molar-refractivity contribution >= 4 is 29.6 Å². The highest BCUT2D eigenvalue weighted by Crippen LogP contribution is 2.35. The van der Waals surface area contributed by atoms with Gasteiger partial charge in [0.15, 0.2) is 6.04 Å². The second-order valence-electron chi connectivity index (χ2n) is 10.5. The van der Waals surface area contributed by atoms with Gasteiger partial charge in [0.2, 0.25) is 5.91 Å². The minimum absolute atomic E-state index is 0.216. The van der Waals surface area contributed by atoms with Crippen LogP contribution >= 0.6 is 0 Å². The molecule has 3 saturated heterocycles. The highest BCUT2D eigenvalue weighted by molar-refractivity contribution is 6.07. The molecule has 0 aliphatic carbocycles. The Labute approximate surface area is 233 Å². The van der Waals surface area contributed by atoms with Gasteiger partial charge in [-0.15, -0.1) is 0 Å². The molecule has 3 fully saturated rings. The molecule has 3 N–H and O–H groups in total. The van der Waals surface area contributed by atoms with Gasteiger partial charge in [-0.2, -0.15) is 0 Å². The van der Waals surface area contributed by atoms with Crippen molar-refractivity contribution in [1.29, 1.82) is 0 Å². The first kappa shape index (κ1) is 27.4. The number of carbonyl (C=O) groups excluding carboxylic acids is 3. The van der Waals surface area contributed by atoms with Gasteiger partial charge in [0, 0.05) is 31.9 Å². The second-order valence-corrected chi connectivity index (χ2v) is 10.5. The quantitative estimate of drug-likeness (QED) is 0.453. The van der Waals surface area contributed by atoms with Crippen LogP contribution in [0.3, 0.4) is 0 Å². The lowest BCUT2D eigenvalue weighted by molar-refractivity contribution is -0.167. The fraction of sp³-hybridized carbons (Fsp3) is 0.448. The number of nitrogens with one attached hydrogen (secondary N) is 2. The van der Waals surface area contributed by atoms with Gasteiger partial charge in [0.25, 0.3) is 0 Å². The number of carbonyl (C=O) groups is 4. The fourth-order valence-electron chi connectivity index (χ4n) is 5.58. The Balaban J connectivity index is 1.09. The molecule has 11 heteroatoms. The van der Waals surface area contributed by atoms with E-state index in [0.29, 0.717) is 24.5 Å². The molecule has 11 nitrogen and oxygen atoms in total. The number of aliphatic carboxylic acids is 1. The first-order chi connectivity index (χ1) is 19.4. The molecule has 2 aromatic carbocycles. The average molecular weight is 550 g/mol. The van der Waals surface area contributed by atoms with Crippen LogP contribution in [0, 0.1) is 11.8 Å². The number of hydrogen-bond donors (Lipinski definition) is 3. The van der Waals surface area contributed by atoms with E-state index in [1.54, 1.807) is 29.2 Å². The van der Waals surface area contributed by atoms with Gasteiger partial charge >= 0.3 is 18.0 Å². The van der Waals surface area contributed by atoms with Gasteiger partial charge in [0.05, 0.1) is 5.92 Å². The molecule has 2 aromatic rings. The number of urea groups is 2. The predicted molar refractivity (Wildman–Crippen MR) is 147 cm³/mol. The molecule has 2 atom stereocenters. The van der Waals surface area contributed by atoms with Crippen LogP contribution in [0.5, 0.6) is 5.75 Å². The molecule has 0 radical (unpaired) electrons. The second kappa shape index (κ2) is 12.4. The number of likely N-dealkylation sites (tertiary alicyclic amines) is 1. The Kier molecular flexibility index (Phi) is 8.49. The zero-order chi connectivity index (χ0) is 28.1. The fourth-order valence-corrected chi connectivity index (χ4v) is 5.58. The van der Waals surface area contributed by atoms with Gasteiger partial charge in [-0.1, -0.05) is 30.3 Å². The van der Waals surface area contributed by atoms with Crippen molar-refractivity contribution in [2.45, 2.75) is 31.9 Å². The van der Waals surface area contributed by atoms with E-state index in [1.807, 2.05) is 30.3 Å². The monoisotopic (exact) mass is 549 g/mol. The number of piperazine rings is 1. The summed E-state index contributed by atoms with van der Waals surface area (Å²) in [5, 5.41) is 15.9. The van der Waals surface area contributed by atoms with E-state index in [4.69, 9.17) is 4.74 Å². The molecule has 0 aromatic heterocycles. The Morgan fingerprint density at radius 1 is 0.925 bits per heavy atom. The molecular weight excluding hydrogens is 514 g/mol. The zero-order valence-electron chi connectivity index (χ0n) is 22.3. The van der Waals surface area contributed by atoms with E-state index in [0.717, 1.165) is 36.4 Å². The number of β-lactam (4-membered cyclic amide) rings is 1. The summed E-state index contributed by atoms with van der Waals surface area (Å²) in [5.41, 5.74) is 1.68. The Morgan fingerprint density at radius 3 is 2.23 bits per heavy atom. The Bertz CT molecular complexity index is 1210. The smallest absolute Gasteiger partial charge is 0.327 e. The number of carboxylic acid groups (broad SMARTS) is 1. The summed E-state index contributed by atoms with van der Waals surface area (Å²) >= 11 is 0. The van der Waals surface area contributed by atoms with Crippen molar-refractivity contribution in [1.82, 2.24) is 20.0 Å². The minimum Gasteiger partial charge on any atom is -0.489 e. The molecule has 0 unspecified atom stereocenters. The third-order valence-corrected chi connectivity index (χ3v) is 7.91. The number of piperidine rings is 1. The minimum atomic E-state index is -1.15. The van der Waals surface area contributed by atoms with E-state index in [2.05, 4.69) is 10.6 Å². The van der Waals surface area contributed by atoms with Crippen LogP contribution in [-0.2, 0) is 16.2 Å². The number of benzene rings is 2. The number of carboxylic acids is 1. The zero-order valence-corrected chi connectivity index (χ0v) is 22.3. The first-order valence-electron chi connectivity index (χ1n) is 13.8. The molecule has 0 saturated carbocycles. The van der Waals surface area contributed by atoms with Crippen LogP contribution < -0.4 is 15.4 Å². The van der Waals surface area contributed by atoms with Gasteiger partial charge < -0.3 is 30.3 Å². The maximum atomic E-state index is 13.1. The van der Waals surface area contributed by atoms with Crippen LogP contribution in [0.1, 0.15) is 24.8 Å². The van der Waals surface area contributed by atoms with Crippen molar-refractivity contribution in [3.63, 3.8) is 0 Å². The van der Waals surface area contributed by atoms with Crippen molar-refractivity contribution in [2.75, 3.05) is 44.6 Å². The number of ether oxygens (including phenoxy) is 1. The van der Waals surface area contributed by atoms with Crippen LogP contribution in [0.2, 0.25) is 0 Å². The third-order valence-electron chi connectivity index (χ3n) is 7.91. The van der Waals surface area contributed by atoms with Gasteiger partial charge in [-0.25, -0.2) is 19.3 Å². The van der Waals surface area contributed by atoms with Gasteiger partial charge in [0.1, 0.15) is 12.4 Å². The van der Waals surface area contributed by atoms with Crippen molar-refractivity contribution < 1.29 is 29.0 Å². The van der Waals surface area contributed by atoms with Crippen molar-refractivity contribution in [2.24, 2.45) is 11.8 Å². The normalized spacial score (nSPS) is 21.5. The maximum absolute atomic E-state index is 13.1. The lowest BCUT2D eigenvalue weighted by Crippen LogP contribution is -2.69. The molecule has 0 spiro atoms. The maximum Gasteiger partial charge on any atom is 0.327 e. The average Bonchev–Trinajstić information content (AvgIpc) is 2.98. The highest BCUT2D eigenvalue weighted by atomic mass is 16.5. The number of hydrogen-bond acceptors (Lipinski definition) is 6. The van der Waals surface area contributed by atoms with Crippen LogP contribution in [0.4, 0.5) is 15.3 Å². The lowest BCUT2D eigenvalue weighted by atomic mass is 9.78. The summed E-state index contributed by atoms with van der Waals surface area (Å²) in [5.74, 6) is -1.25. The third kappa shape index (κ3) is 6.20. The lowest BCUT2D eigenvalue weighted by Gasteiger charge is -2.47. The van der Waals surface area contributed by atoms with Crippen LogP contribution in [-0.4, -0.2) is 89.1 Å². The summed E-state index contributed by atoms with van der Waals surface area (Å²) in [6.07, 6.45) is 2.30. The number of nitrogens with zero attached hydrogens (tertiary/aromatic N) is 3. The molecule has 40 heavy (non-hydrogen) atoms. The summed E-state index contributed by atoms with van der Waals surface area (Å²) in [7, 11) is 0. The Morgan fingerprint density at radius 2 is 1.57 bits per heavy atom. The van der Waals surface area contributed by atoms with E-state index in [1.165, 1.54) is 4.90 Å².